The first-order chi connectivity index (χ1) is 11.6. The molecule has 2 heterocycles. The van der Waals surface area contributed by atoms with E-state index in [0.717, 1.165) is 56.4 Å². The molecule has 24 heavy (non-hydrogen) atoms. The maximum absolute atomic E-state index is 7.22. The van der Waals surface area contributed by atoms with Crippen molar-refractivity contribution in [3.8, 4) is 5.75 Å². The van der Waals surface area contributed by atoms with Crippen LogP contribution < -0.4 is 9.64 Å². The lowest BCUT2D eigenvalue weighted by Gasteiger charge is -2.41. The van der Waals surface area contributed by atoms with Gasteiger partial charge in [0.25, 0.3) is 0 Å². The Morgan fingerprint density at radius 2 is 2.00 bits per heavy atom. The molecule has 5 nitrogen and oxygen atoms in total. The first-order valence-electron chi connectivity index (χ1n) is 8.64. The van der Waals surface area contributed by atoms with Crippen LogP contribution in [0.4, 0.5) is 11.4 Å². The predicted molar refractivity (Wildman–Crippen MR) is 97.8 cm³/mol. The smallest absolute Gasteiger partial charge is 0.189 e. The molecule has 2 aliphatic rings. The number of ether oxygens (including phenoxy) is 1. The van der Waals surface area contributed by atoms with E-state index in [4.69, 9.17) is 11.3 Å². The Hall–Kier alpha value is -2.19. The zero-order valence-electron chi connectivity index (χ0n) is 14.7. The van der Waals surface area contributed by atoms with Crippen molar-refractivity contribution in [3.05, 3.63) is 41.9 Å². The monoisotopic (exact) mass is 326 g/mol. The van der Waals surface area contributed by atoms with Gasteiger partial charge >= 0.3 is 0 Å². The maximum atomic E-state index is 7.22. The Balaban J connectivity index is 1.65. The van der Waals surface area contributed by atoms with Gasteiger partial charge in [0.1, 0.15) is 12.4 Å². The van der Waals surface area contributed by atoms with Gasteiger partial charge in [0.2, 0.25) is 0 Å². The molecule has 0 bridgehead atoms. The second-order valence-corrected chi connectivity index (χ2v) is 6.72. The number of anilines is 1. The molecule has 3 rings (SSSR count). The third kappa shape index (κ3) is 3.49. The Labute approximate surface area is 144 Å². The highest BCUT2D eigenvalue weighted by Gasteiger charge is 2.23. The molecule has 2 aliphatic heterocycles. The van der Waals surface area contributed by atoms with Crippen LogP contribution in [-0.4, -0.2) is 61.7 Å². The molecule has 1 fully saturated rings. The van der Waals surface area contributed by atoms with Crippen molar-refractivity contribution in [2.24, 2.45) is 0 Å². The quantitative estimate of drug-likeness (QED) is 0.794. The summed E-state index contributed by atoms with van der Waals surface area (Å²) in [4.78, 5) is 10.7. The fourth-order valence-corrected chi connectivity index (χ4v) is 3.37. The largest absolute Gasteiger partial charge is 0.490 e. The average molecular weight is 326 g/mol. The third-order valence-electron chi connectivity index (χ3n) is 4.90. The molecule has 1 saturated heterocycles. The van der Waals surface area contributed by atoms with Gasteiger partial charge in [0.15, 0.2) is 5.69 Å². The van der Waals surface area contributed by atoms with E-state index in [1.54, 1.807) is 0 Å². The highest BCUT2D eigenvalue weighted by atomic mass is 16.5. The molecule has 1 aromatic rings. The van der Waals surface area contributed by atoms with Crippen LogP contribution in [0.5, 0.6) is 5.75 Å². The van der Waals surface area contributed by atoms with E-state index >= 15 is 0 Å². The van der Waals surface area contributed by atoms with Crippen LogP contribution in [0.2, 0.25) is 0 Å². The van der Waals surface area contributed by atoms with E-state index in [2.05, 4.69) is 40.0 Å². The van der Waals surface area contributed by atoms with Gasteiger partial charge in [-0.05, 0) is 26.0 Å². The van der Waals surface area contributed by atoms with E-state index in [1.165, 1.54) is 0 Å². The van der Waals surface area contributed by atoms with Crippen LogP contribution in [-0.2, 0) is 0 Å². The van der Waals surface area contributed by atoms with Crippen molar-refractivity contribution in [2.75, 3.05) is 50.8 Å². The van der Waals surface area contributed by atoms with Gasteiger partial charge in [-0.3, -0.25) is 4.90 Å². The van der Waals surface area contributed by atoms with Crippen molar-refractivity contribution < 1.29 is 4.74 Å². The summed E-state index contributed by atoms with van der Waals surface area (Å²) in [5.74, 6) is 0.867. The minimum absolute atomic E-state index is 0.610. The van der Waals surface area contributed by atoms with Gasteiger partial charge in [-0.15, -0.1) is 0 Å². The van der Waals surface area contributed by atoms with Gasteiger partial charge in [0, 0.05) is 37.9 Å². The first kappa shape index (κ1) is 16.7. The summed E-state index contributed by atoms with van der Waals surface area (Å²) < 4.78 is 5.73. The van der Waals surface area contributed by atoms with Crippen LogP contribution in [0.15, 0.2) is 30.5 Å². The van der Waals surface area contributed by atoms with Gasteiger partial charge in [-0.25, -0.2) is 4.85 Å². The zero-order chi connectivity index (χ0) is 17.1. The standard InChI is InChI=1S/C19H26N4O/c1-15(2)21-7-9-22(10-8-21)16(3)14-23-11-12-24-19-6-5-17(20-4)13-18(19)23/h5-6,13,15H,3,7-12,14H2,1-2H3. The molecule has 0 spiro atoms. The van der Waals surface area contributed by atoms with E-state index in [0.29, 0.717) is 18.3 Å². The normalized spacial score (nSPS) is 18.1. The number of piperazine rings is 1. The van der Waals surface area contributed by atoms with E-state index < -0.39 is 0 Å². The second kappa shape index (κ2) is 7.14. The van der Waals surface area contributed by atoms with Crippen LogP contribution >= 0.6 is 0 Å². The summed E-state index contributed by atoms with van der Waals surface area (Å²) in [6.45, 7) is 22.6. The van der Waals surface area contributed by atoms with Crippen molar-refractivity contribution in [1.82, 2.24) is 9.80 Å². The summed E-state index contributed by atoms with van der Waals surface area (Å²) in [6, 6.07) is 6.25. The van der Waals surface area contributed by atoms with Crippen LogP contribution in [0.25, 0.3) is 4.85 Å². The predicted octanol–water partition coefficient (Wildman–Crippen LogP) is 2.98. The molecular formula is C19H26N4O. The Morgan fingerprint density at radius 3 is 2.67 bits per heavy atom. The van der Waals surface area contributed by atoms with Crippen molar-refractivity contribution >= 4 is 11.4 Å². The average Bonchev–Trinajstić information content (AvgIpc) is 2.61. The van der Waals surface area contributed by atoms with Crippen molar-refractivity contribution in [2.45, 2.75) is 19.9 Å². The van der Waals surface area contributed by atoms with Gasteiger partial charge in [-0.2, -0.15) is 0 Å². The first-order valence-corrected chi connectivity index (χ1v) is 8.64. The summed E-state index contributed by atoms with van der Waals surface area (Å²) in [6.07, 6.45) is 0. The van der Waals surface area contributed by atoms with Gasteiger partial charge < -0.3 is 14.5 Å². The number of rotatable bonds is 4. The molecule has 0 unspecified atom stereocenters. The maximum Gasteiger partial charge on any atom is 0.189 e. The lowest BCUT2D eigenvalue weighted by molar-refractivity contribution is 0.129. The highest BCUT2D eigenvalue weighted by Crippen LogP contribution is 2.35. The van der Waals surface area contributed by atoms with Crippen molar-refractivity contribution in [1.29, 1.82) is 0 Å². The molecule has 1 aromatic carbocycles. The summed E-state index contributed by atoms with van der Waals surface area (Å²) in [7, 11) is 0. The zero-order valence-corrected chi connectivity index (χ0v) is 14.7. The molecule has 128 valence electrons. The minimum atomic E-state index is 0.610. The second-order valence-electron chi connectivity index (χ2n) is 6.72. The SMILES string of the molecule is [C-]#[N+]c1ccc2c(c1)N(CC(=C)N1CCN(C(C)C)CC1)CCO2. The van der Waals surface area contributed by atoms with E-state index in [1.807, 2.05) is 18.2 Å². The fraction of sp³-hybridized carbons (Fsp3) is 0.526. The third-order valence-corrected chi connectivity index (χ3v) is 4.90. The van der Waals surface area contributed by atoms with Gasteiger partial charge in [-0.1, -0.05) is 12.6 Å². The van der Waals surface area contributed by atoms with Crippen LogP contribution in [0.1, 0.15) is 13.8 Å². The number of hydrogen-bond acceptors (Lipinski definition) is 4. The number of fused-ring (bicyclic) bond motifs is 1. The molecular weight excluding hydrogens is 300 g/mol. The molecule has 5 heteroatoms. The number of hydrogen-bond donors (Lipinski definition) is 0. The molecule has 0 radical (unpaired) electrons. The summed E-state index contributed by atoms with van der Waals surface area (Å²) >= 11 is 0. The Kier molecular flexibility index (Phi) is 4.96. The molecule has 0 saturated carbocycles. The van der Waals surface area contributed by atoms with E-state index in [9.17, 15) is 0 Å². The topological polar surface area (TPSA) is 23.3 Å². The van der Waals surface area contributed by atoms with Crippen molar-refractivity contribution in [3.63, 3.8) is 0 Å². The minimum Gasteiger partial charge on any atom is -0.490 e. The number of benzene rings is 1. The molecule has 0 aromatic heterocycles. The fourth-order valence-electron chi connectivity index (χ4n) is 3.37. The van der Waals surface area contributed by atoms with Gasteiger partial charge in [0.05, 0.1) is 25.3 Å². The summed E-state index contributed by atoms with van der Waals surface area (Å²) in [5.41, 5.74) is 2.82. The molecule has 0 aliphatic carbocycles. The lowest BCUT2D eigenvalue weighted by Crippen LogP contribution is -2.49. The van der Waals surface area contributed by atoms with Crippen LogP contribution in [0.3, 0.4) is 0 Å². The number of nitrogens with zero attached hydrogens (tertiary/aromatic N) is 4. The molecule has 0 atom stereocenters. The Bertz CT molecular complexity index is 641. The molecule has 0 N–H and O–H groups in total. The van der Waals surface area contributed by atoms with Crippen LogP contribution in [0, 0.1) is 6.57 Å². The molecule has 0 amide bonds. The summed E-state index contributed by atoms with van der Waals surface area (Å²) in [5, 5.41) is 0. The lowest BCUT2D eigenvalue weighted by atomic mass is 10.2. The van der Waals surface area contributed by atoms with E-state index in [-0.39, 0.29) is 0 Å². The highest BCUT2D eigenvalue weighted by molar-refractivity contribution is 5.68. The Morgan fingerprint density at radius 1 is 1.25 bits per heavy atom.